The largest absolute Gasteiger partial charge is 0.379 e. The van der Waals surface area contributed by atoms with E-state index in [0.29, 0.717) is 38.5 Å². The van der Waals surface area contributed by atoms with Crippen LogP contribution in [0.3, 0.4) is 0 Å². The van der Waals surface area contributed by atoms with Crippen molar-refractivity contribution in [3.8, 4) is 5.69 Å². The van der Waals surface area contributed by atoms with Crippen LogP contribution in [0.1, 0.15) is 16.1 Å². The summed E-state index contributed by atoms with van der Waals surface area (Å²) in [5.74, 6) is -0.0432. The van der Waals surface area contributed by atoms with Crippen molar-refractivity contribution in [2.75, 3.05) is 32.8 Å². The van der Waals surface area contributed by atoms with Crippen molar-refractivity contribution in [2.24, 2.45) is 5.92 Å². The molecule has 0 unspecified atom stereocenters. The number of hydrogen-bond acceptors (Lipinski definition) is 4. The molecule has 2 saturated heterocycles. The van der Waals surface area contributed by atoms with Crippen molar-refractivity contribution in [3.05, 3.63) is 72.1 Å². The van der Waals surface area contributed by atoms with E-state index in [4.69, 9.17) is 4.74 Å². The summed E-state index contributed by atoms with van der Waals surface area (Å²) in [5.41, 5.74) is 2.34. The van der Waals surface area contributed by atoms with E-state index >= 15 is 0 Å². The number of amides is 1. The van der Waals surface area contributed by atoms with Crippen LogP contribution >= 0.6 is 0 Å². The highest BCUT2D eigenvalue weighted by atomic mass is 19.1. The molecular formula is C22H24FN5O2. The van der Waals surface area contributed by atoms with Gasteiger partial charge >= 0.3 is 0 Å². The molecule has 4 heterocycles. The van der Waals surface area contributed by atoms with Crippen LogP contribution in [0.25, 0.3) is 5.69 Å². The van der Waals surface area contributed by atoms with Crippen LogP contribution < -0.4 is 0 Å². The first-order chi connectivity index (χ1) is 14.7. The quantitative estimate of drug-likeness (QED) is 0.718. The Balaban J connectivity index is 1.41. The Labute approximate surface area is 174 Å². The van der Waals surface area contributed by atoms with Crippen molar-refractivity contribution >= 4 is 5.91 Å². The molecule has 1 aromatic carbocycles. The molecule has 2 bridgehead atoms. The molecule has 2 aliphatic rings. The number of rotatable bonds is 4. The average molecular weight is 409 g/mol. The molecule has 0 radical (unpaired) electrons. The first-order valence-corrected chi connectivity index (χ1v) is 10.2. The summed E-state index contributed by atoms with van der Waals surface area (Å²) in [6.07, 6.45) is 5.34. The van der Waals surface area contributed by atoms with Gasteiger partial charge in [-0.15, -0.1) is 0 Å². The molecule has 2 aliphatic heterocycles. The molecule has 1 N–H and O–H groups in total. The van der Waals surface area contributed by atoms with Gasteiger partial charge in [-0.1, -0.05) is 0 Å². The molecule has 30 heavy (non-hydrogen) atoms. The highest BCUT2D eigenvalue weighted by Gasteiger charge is 2.35. The van der Waals surface area contributed by atoms with Crippen LogP contribution in [-0.4, -0.2) is 69.4 Å². The number of aromatic nitrogens is 3. The van der Waals surface area contributed by atoms with Gasteiger partial charge in [-0.25, -0.2) is 9.07 Å². The van der Waals surface area contributed by atoms with Crippen LogP contribution in [-0.2, 0) is 11.3 Å². The minimum Gasteiger partial charge on any atom is -0.379 e. The second-order valence-electron chi connectivity index (χ2n) is 8.00. The molecule has 1 amide bonds. The predicted octanol–water partition coefficient (Wildman–Crippen LogP) is 2.31. The molecule has 156 valence electrons. The summed E-state index contributed by atoms with van der Waals surface area (Å²) in [6.45, 7) is 3.78. The fourth-order valence-corrected chi connectivity index (χ4v) is 4.46. The fourth-order valence-electron chi connectivity index (χ4n) is 4.46. The van der Waals surface area contributed by atoms with Gasteiger partial charge in [-0.3, -0.25) is 9.69 Å². The van der Waals surface area contributed by atoms with Crippen LogP contribution in [0.5, 0.6) is 0 Å². The second-order valence-corrected chi connectivity index (χ2v) is 8.00. The zero-order valence-electron chi connectivity index (χ0n) is 16.6. The molecule has 2 aromatic heterocycles. The van der Waals surface area contributed by atoms with Gasteiger partial charge in [0.25, 0.3) is 5.91 Å². The van der Waals surface area contributed by atoms with E-state index in [1.807, 2.05) is 23.2 Å². The summed E-state index contributed by atoms with van der Waals surface area (Å²) in [7, 11) is 0. The Bertz CT molecular complexity index is 1000. The van der Waals surface area contributed by atoms with Crippen LogP contribution in [0.4, 0.5) is 4.39 Å². The van der Waals surface area contributed by atoms with Crippen molar-refractivity contribution in [2.45, 2.75) is 12.6 Å². The maximum atomic E-state index is 14.1. The third-order valence-electron chi connectivity index (χ3n) is 5.86. The number of fused-ring (bicyclic) bond motifs is 3. The lowest BCUT2D eigenvalue weighted by molar-refractivity contribution is 0.0403. The Morgan fingerprint density at radius 1 is 1.20 bits per heavy atom. The SMILES string of the molecule is O=C(c1ccc[nH]1)N1C[C@@H]2COC[C@H](C1)N(Cc1cc(F)ccc1-n1cccn1)C2. The van der Waals surface area contributed by atoms with Gasteiger partial charge in [0.2, 0.25) is 0 Å². The van der Waals surface area contributed by atoms with Gasteiger partial charge in [0.1, 0.15) is 11.5 Å². The highest BCUT2D eigenvalue weighted by Crippen LogP contribution is 2.25. The minimum absolute atomic E-state index is 0.0155. The summed E-state index contributed by atoms with van der Waals surface area (Å²) in [4.78, 5) is 20.2. The molecular weight excluding hydrogens is 385 g/mol. The summed E-state index contributed by atoms with van der Waals surface area (Å²) < 4.78 is 21.7. The number of benzene rings is 1. The maximum absolute atomic E-state index is 14.1. The summed E-state index contributed by atoms with van der Waals surface area (Å²) >= 11 is 0. The lowest BCUT2D eigenvalue weighted by atomic mass is 10.1. The van der Waals surface area contributed by atoms with E-state index in [9.17, 15) is 9.18 Å². The van der Waals surface area contributed by atoms with Crippen molar-refractivity contribution in [1.82, 2.24) is 24.6 Å². The van der Waals surface area contributed by atoms with Crippen LogP contribution in [0.2, 0.25) is 0 Å². The number of H-pyrrole nitrogens is 1. The average Bonchev–Trinajstić information content (AvgIpc) is 3.38. The van der Waals surface area contributed by atoms with E-state index < -0.39 is 0 Å². The van der Waals surface area contributed by atoms with E-state index in [-0.39, 0.29) is 23.7 Å². The monoisotopic (exact) mass is 409 g/mol. The van der Waals surface area contributed by atoms with Gasteiger partial charge in [0, 0.05) is 50.7 Å². The lowest BCUT2D eigenvalue weighted by Crippen LogP contribution is -2.45. The molecule has 0 spiro atoms. The van der Waals surface area contributed by atoms with Gasteiger partial charge < -0.3 is 14.6 Å². The van der Waals surface area contributed by atoms with Crippen LogP contribution in [0, 0.1) is 11.7 Å². The Morgan fingerprint density at radius 2 is 2.13 bits per heavy atom. The molecule has 8 heteroatoms. The molecule has 2 atom stereocenters. The molecule has 7 nitrogen and oxygen atoms in total. The first-order valence-electron chi connectivity index (χ1n) is 10.2. The number of nitrogens with zero attached hydrogens (tertiary/aromatic N) is 4. The van der Waals surface area contributed by atoms with Gasteiger partial charge in [0.05, 0.1) is 24.9 Å². The number of nitrogens with one attached hydrogen (secondary N) is 1. The van der Waals surface area contributed by atoms with Gasteiger partial charge in [-0.2, -0.15) is 5.10 Å². The Morgan fingerprint density at radius 3 is 2.93 bits per heavy atom. The maximum Gasteiger partial charge on any atom is 0.270 e. The highest BCUT2D eigenvalue weighted by molar-refractivity contribution is 5.92. The molecule has 0 saturated carbocycles. The third kappa shape index (κ3) is 3.76. The van der Waals surface area contributed by atoms with Crippen molar-refractivity contribution in [3.63, 3.8) is 0 Å². The number of carbonyl (C=O) groups excluding carboxylic acids is 1. The lowest BCUT2D eigenvalue weighted by Gasteiger charge is -2.31. The topological polar surface area (TPSA) is 66.4 Å². The summed E-state index contributed by atoms with van der Waals surface area (Å²) in [5, 5.41) is 4.31. The second kappa shape index (κ2) is 8.04. The number of aromatic amines is 1. The molecule has 2 fully saturated rings. The number of hydrogen-bond donors (Lipinski definition) is 1. The predicted molar refractivity (Wildman–Crippen MR) is 109 cm³/mol. The number of carbonyl (C=O) groups is 1. The van der Waals surface area contributed by atoms with E-state index in [1.165, 1.54) is 6.07 Å². The molecule has 5 rings (SSSR count). The smallest absolute Gasteiger partial charge is 0.270 e. The summed E-state index contributed by atoms with van der Waals surface area (Å²) in [6, 6.07) is 10.3. The van der Waals surface area contributed by atoms with Crippen molar-refractivity contribution < 1.29 is 13.9 Å². The number of ether oxygens (including phenoxy) is 1. The number of halogens is 1. The molecule has 3 aromatic rings. The van der Waals surface area contributed by atoms with E-state index in [0.717, 1.165) is 17.8 Å². The zero-order valence-corrected chi connectivity index (χ0v) is 16.6. The fraction of sp³-hybridized carbons (Fsp3) is 0.364. The van der Waals surface area contributed by atoms with Crippen LogP contribution in [0.15, 0.2) is 55.0 Å². The first kappa shape index (κ1) is 19.0. The Kier molecular flexibility index (Phi) is 5.10. The van der Waals surface area contributed by atoms with Gasteiger partial charge in [-0.05, 0) is 42.0 Å². The standard InChI is InChI=1S/C22H24FN5O2/c23-18-4-5-21(28-8-2-7-25-28)17(9-18)12-26-10-16-11-27(13-19(26)15-30-14-16)22(29)20-3-1-6-24-20/h1-9,16,19,24H,10-15H2/t16-,19+/m1/s1. The zero-order chi connectivity index (χ0) is 20.5. The van der Waals surface area contributed by atoms with E-state index in [1.54, 1.807) is 35.3 Å². The minimum atomic E-state index is -0.265. The van der Waals surface area contributed by atoms with Crippen molar-refractivity contribution in [1.29, 1.82) is 0 Å². The Hall–Kier alpha value is -2.97. The van der Waals surface area contributed by atoms with Gasteiger partial charge in [0.15, 0.2) is 0 Å². The van der Waals surface area contributed by atoms with E-state index in [2.05, 4.69) is 15.0 Å². The third-order valence-corrected chi connectivity index (χ3v) is 5.86. The molecule has 0 aliphatic carbocycles. The normalized spacial score (nSPS) is 22.1.